The van der Waals surface area contributed by atoms with Crippen LogP contribution < -0.4 is 10.1 Å². The van der Waals surface area contributed by atoms with Crippen LogP contribution in [0.1, 0.15) is 9.75 Å². The quantitative estimate of drug-likeness (QED) is 0.925. The molecule has 0 unspecified atom stereocenters. The first-order valence-corrected chi connectivity index (χ1v) is 6.90. The van der Waals surface area contributed by atoms with Crippen LogP contribution in [0.2, 0.25) is 0 Å². The molecule has 18 heavy (non-hydrogen) atoms. The molecule has 0 radical (unpaired) electrons. The Balaban J connectivity index is 2.02. The number of nitriles is 1. The van der Waals surface area contributed by atoms with E-state index in [1.165, 1.54) is 11.3 Å². The first-order valence-electron chi connectivity index (χ1n) is 5.29. The maximum Gasteiger partial charge on any atom is 0.133 e. The maximum atomic E-state index is 8.75. The molecule has 0 atom stereocenters. The van der Waals surface area contributed by atoms with Crippen molar-refractivity contribution in [3.8, 4) is 11.8 Å². The lowest BCUT2D eigenvalue weighted by Crippen LogP contribution is -1.97. The molecule has 0 saturated carbocycles. The number of halogens is 1. The number of thiophene rings is 1. The standard InChI is InChI=1S/C13H11BrN2OS/c1-17-13-5-2-9(6-12(13)14)16-8-11-4-3-10(7-15)18-11/h2-6,16H,8H2,1H3. The summed E-state index contributed by atoms with van der Waals surface area (Å²) in [5.41, 5.74) is 1.01. The van der Waals surface area contributed by atoms with Crippen LogP contribution in [-0.4, -0.2) is 7.11 Å². The highest BCUT2D eigenvalue weighted by Crippen LogP contribution is 2.28. The van der Waals surface area contributed by atoms with E-state index in [2.05, 4.69) is 27.3 Å². The summed E-state index contributed by atoms with van der Waals surface area (Å²) in [6.45, 7) is 0.713. The van der Waals surface area contributed by atoms with Gasteiger partial charge in [0.05, 0.1) is 11.6 Å². The molecule has 2 rings (SSSR count). The average Bonchev–Trinajstić information content (AvgIpc) is 2.84. The van der Waals surface area contributed by atoms with E-state index < -0.39 is 0 Å². The second-order valence-corrected chi connectivity index (χ2v) is 5.60. The Morgan fingerprint density at radius 3 is 2.83 bits per heavy atom. The fourth-order valence-corrected chi connectivity index (χ4v) is 2.78. The van der Waals surface area contributed by atoms with Crippen LogP contribution in [0.5, 0.6) is 5.75 Å². The Kier molecular flexibility index (Phi) is 4.24. The lowest BCUT2D eigenvalue weighted by molar-refractivity contribution is 0.412. The average molecular weight is 323 g/mol. The van der Waals surface area contributed by atoms with Crippen LogP contribution in [0.25, 0.3) is 0 Å². The largest absolute Gasteiger partial charge is 0.496 e. The summed E-state index contributed by atoms with van der Waals surface area (Å²) >= 11 is 4.95. The van der Waals surface area contributed by atoms with Crippen molar-refractivity contribution in [1.82, 2.24) is 0 Å². The first-order chi connectivity index (χ1) is 8.72. The number of anilines is 1. The summed E-state index contributed by atoms with van der Waals surface area (Å²) < 4.78 is 6.09. The molecule has 0 amide bonds. The van der Waals surface area contributed by atoms with Crippen molar-refractivity contribution in [2.45, 2.75) is 6.54 Å². The molecule has 92 valence electrons. The summed E-state index contributed by atoms with van der Waals surface area (Å²) in [6.07, 6.45) is 0. The number of hydrogen-bond donors (Lipinski definition) is 1. The number of rotatable bonds is 4. The summed E-state index contributed by atoms with van der Waals surface area (Å²) in [6, 6.07) is 11.8. The van der Waals surface area contributed by atoms with Gasteiger partial charge in [0.1, 0.15) is 16.7 Å². The lowest BCUT2D eigenvalue weighted by atomic mass is 10.3. The monoisotopic (exact) mass is 322 g/mol. The van der Waals surface area contributed by atoms with Gasteiger partial charge in [-0.25, -0.2) is 0 Å². The predicted octanol–water partition coefficient (Wildman–Crippen LogP) is 4.00. The third-order valence-corrected chi connectivity index (χ3v) is 4.00. The van der Waals surface area contributed by atoms with Crippen LogP contribution in [-0.2, 0) is 6.54 Å². The van der Waals surface area contributed by atoms with Gasteiger partial charge in [0.25, 0.3) is 0 Å². The van der Waals surface area contributed by atoms with E-state index in [0.717, 1.165) is 25.7 Å². The van der Waals surface area contributed by atoms with Crippen molar-refractivity contribution in [3.05, 3.63) is 44.6 Å². The van der Waals surface area contributed by atoms with Gasteiger partial charge in [-0.15, -0.1) is 11.3 Å². The van der Waals surface area contributed by atoms with E-state index in [1.54, 1.807) is 7.11 Å². The minimum atomic E-state index is 0.713. The van der Waals surface area contributed by atoms with Crippen LogP contribution in [0.4, 0.5) is 5.69 Å². The Morgan fingerprint density at radius 1 is 1.39 bits per heavy atom. The zero-order chi connectivity index (χ0) is 13.0. The molecule has 0 aliphatic heterocycles. The Bertz CT molecular complexity index is 589. The Morgan fingerprint density at radius 2 is 2.22 bits per heavy atom. The fourth-order valence-electron chi connectivity index (χ4n) is 1.50. The summed E-state index contributed by atoms with van der Waals surface area (Å²) in [5, 5.41) is 12.1. The lowest BCUT2D eigenvalue weighted by Gasteiger charge is -2.08. The normalized spacial score (nSPS) is 9.83. The molecular weight excluding hydrogens is 312 g/mol. The van der Waals surface area contributed by atoms with Crippen LogP contribution >= 0.6 is 27.3 Å². The summed E-state index contributed by atoms with van der Waals surface area (Å²) in [7, 11) is 1.64. The first kappa shape index (κ1) is 12.9. The molecule has 1 aromatic heterocycles. The predicted molar refractivity (Wildman–Crippen MR) is 77.1 cm³/mol. The van der Waals surface area contributed by atoms with Crippen molar-refractivity contribution in [3.63, 3.8) is 0 Å². The van der Waals surface area contributed by atoms with Gasteiger partial charge in [-0.05, 0) is 46.3 Å². The second kappa shape index (κ2) is 5.89. The van der Waals surface area contributed by atoms with E-state index in [4.69, 9.17) is 10.00 Å². The molecule has 0 bridgehead atoms. The highest BCUT2D eigenvalue weighted by molar-refractivity contribution is 9.10. The number of methoxy groups -OCH3 is 1. The fraction of sp³-hybridized carbons (Fsp3) is 0.154. The molecule has 0 saturated heterocycles. The van der Waals surface area contributed by atoms with Gasteiger partial charge in [-0.2, -0.15) is 5.26 Å². The molecule has 1 heterocycles. The number of benzene rings is 1. The Hall–Kier alpha value is -1.51. The van der Waals surface area contributed by atoms with Gasteiger partial charge < -0.3 is 10.1 Å². The van der Waals surface area contributed by atoms with Crippen molar-refractivity contribution < 1.29 is 4.74 Å². The van der Waals surface area contributed by atoms with Crippen molar-refractivity contribution >= 4 is 33.0 Å². The number of ether oxygens (including phenoxy) is 1. The molecule has 5 heteroatoms. The molecule has 3 nitrogen and oxygen atoms in total. The minimum Gasteiger partial charge on any atom is -0.496 e. The van der Waals surface area contributed by atoms with Crippen LogP contribution in [0.3, 0.4) is 0 Å². The number of nitrogens with zero attached hydrogens (tertiary/aromatic N) is 1. The van der Waals surface area contributed by atoms with Gasteiger partial charge in [0, 0.05) is 17.1 Å². The van der Waals surface area contributed by atoms with E-state index in [-0.39, 0.29) is 0 Å². The minimum absolute atomic E-state index is 0.713. The zero-order valence-corrected chi connectivity index (χ0v) is 12.1. The smallest absolute Gasteiger partial charge is 0.133 e. The van der Waals surface area contributed by atoms with Gasteiger partial charge in [-0.1, -0.05) is 0 Å². The molecule has 0 aliphatic rings. The van der Waals surface area contributed by atoms with Gasteiger partial charge in [0.2, 0.25) is 0 Å². The van der Waals surface area contributed by atoms with E-state index in [0.29, 0.717) is 6.54 Å². The number of nitrogens with one attached hydrogen (secondary N) is 1. The van der Waals surface area contributed by atoms with Crippen molar-refractivity contribution in [2.24, 2.45) is 0 Å². The third kappa shape index (κ3) is 3.03. The number of hydrogen-bond acceptors (Lipinski definition) is 4. The van der Waals surface area contributed by atoms with Gasteiger partial charge >= 0.3 is 0 Å². The molecule has 1 N–H and O–H groups in total. The highest BCUT2D eigenvalue weighted by atomic mass is 79.9. The van der Waals surface area contributed by atoms with Crippen LogP contribution in [0.15, 0.2) is 34.8 Å². The molecule has 1 aromatic carbocycles. The molecular formula is C13H11BrN2OS. The van der Waals surface area contributed by atoms with E-state index >= 15 is 0 Å². The van der Waals surface area contributed by atoms with Gasteiger partial charge in [0.15, 0.2) is 0 Å². The maximum absolute atomic E-state index is 8.75. The Labute approximate surface area is 118 Å². The summed E-state index contributed by atoms with van der Waals surface area (Å²) in [5.74, 6) is 0.809. The third-order valence-electron chi connectivity index (χ3n) is 2.39. The second-order valence-electron chi connectivity index (χ2n) is 3.58. The van der Waals surface area contributed by atoms with Crippen LogP contribution in [0, 0.1) is 11.3 Å². The zero-order valence-electron chi connectivity index (χ0n) is 9.74. The molecule has 0 spiro atoms. The topological polar surface area (TPSA) is 45.0 Å². The molecule has 2 aromatic rings. The highest BCUT2D eigenvalue weighted by Gasteiger charge is 2.02. The van der Waals surface area contributed by atoms with Crippen molar-refractivity contribution in [1.29, 1.82) is 5.26 Å². The molecule has 0 fully saturated rings. The van der Waals surface area contributed by atoms with E-state index in [9.17, 15) is 0 Å². The van der Waals surface area contributed by atoms with Crippen molar-refractivity contribution in [2.75, 3.05) is 12.4 Å². The SMILES string of the molecule is COc1ccc(NCc2ccc(C#N)s2)cc1Br. The van der Waals surface area contributed by atoms with E-state index in [1.807, 2.05) is 30.3 Å². The summed E-state index contributed by atoms with van der Waals surface area (Å²) in [4.78, 5) is 1.88. The molecule has 0 aliphatic carbocycles. The van der Waals surface area contributed by atoms with Gasteiger partial charge in [-0.3, -0.25) is 0 Å².